The summed E-state index contributed by atoms with van der Waals surface area (Å²) in [5.74, 6) is 0.757. The van der Waals surface area contributed by atoms with Crippen molar-refractivity contribution in [1.82, 2.24) is 4.90 Å². The second-order valence-corrected chi connectivity index (χ2v) is 7.49. The van der Waals surface area contributed by atoms with E-state index in [9.17, 15) is 4.79 Å². The number of hydrogen-bond acceptors (Lipinski definition) is 4. The molecular formula is C23H39ClN2O3. The monoisotopic (exact) mass is 426 g/mol. The number of carbonyl (C=O) groups excluding carboxylic acids is 1. The summed E-state index contributed by atoms with van der Waals surface area (Å²) < 4.78 is 11.6. The number of rotatable bonds is 12. The van der Waals surface area contributed by atoms with E-state index in [1.165, 1.54) is 44.9 Å². The maximum Gasteiger partial charge on any atom is 0.414 e. The lowest BCUT2D eigenvalue weighted by Crippen LogP contribution is -2.36. The van der Waals surface area contributed by atoms with Gasteiger partial charge in [-0.1, -0.05) is 51.2 Å². The van der Waals surface area contributed by atoms with Crippen molar-refractivity contribution in [3.8, 4) is 5.75 Å². The Kier molecular flexibility index (Phi) is 13.6. The van der Waals surface area contributed by atoms with E-state index in [1.807, 2.05) is 31.2 Å². The summed E-state index contributed by atoms with van der Waals surface area (Å²) in [7, 11) is 0. The van der Waals surface area contributed by atoms with Crippen molar-refractivity contribution in [2.45, 2.75) is 65.2 Å². The van der Waals surface area contributed by atoms with Crippen LogP contribution < -0.4 is 9.64 Å². The van der Waals surface area contributed by atoms with Crippen LogP contribution in [0.4, 0.5) is 10.5 Å². The summed E-state index contributed by atoms with van der Waals surface area (Å²) >= 11 is 0. The second-order valence-electron chi connectivity index (χ2n) is 7.49. The van der Waals surface area contributed by atoms with Gasteiger partial charge in [0.15, 0.2) is 0 Å². The van der Waals surface area contributed by atoms with Crippen molar-refractivity contribution < 1.29 is 14.3 Å². The number of hydrogen-bond donors (Lipinski definition) is 0. The molecule has 6 heteroatoms. The lowest BCUT2D eigenvalue weighted by molar-refractivity contribution is 0.126. The molecule has 29 heavy (non-hydrogen) atoms. The third kappa shape index (κ3) is 9.26. The maximum absolute atomic E-state index is 12.6. The van der Waals surface area contributed by atoms with E-state index in [0.29, 0.717) is 19.8 Å². The van der Waals surface area contributed by atoms with Crippen LogP contribution in [-0.2, 0) is 4.74 Å². The molecule has 166 valence electrons. The number of unbranched alkanes of at least 4 members (excludes halogenated alkanes) is 4. The zero-order chi connectivity index (χ0) is 20.0. The Bertz CT molecular complexity index is 565. The molecular weight excluding hydrogens is 388 g/mol. The van der Waals surface area contributed by atoms with E-state index in [-0.39, 0.29) is 18.5 Å². The molecule has 0 spiro atoms. The highest BCUT2D eigenvalue weighted by molar-refractivity contribution is 5.89. The van der Waals surface area contributed by atoms with E-state index in [0.717, 1.165) is 37.5 Å². The van der Waals surface area contributed by atoms with Crippen LogP contribution in [0.1, 0.15) is 65.2 Å². The SMILES string of the molecule is CCCCCCCOc1ccccc1N(CC)C(=O)OCCN1CCCCC1.Cl. The van der Waals surface area contributed by atoms with E-state index in [4.69, 9.17) is 9.47 Å². The van der Waals surface area contributed by atoms with Gasteiger partial charge in [0.1, 0.15) is 12.4 Å². The smallest absolute Gasteiger partial charge is 0.414 e. The molecule has 2 rings (SSSR count). The van der Waals surface area contributed by atoms with Crippen LogP contribution in [0.15, 0.2) is 24.3 Å². The number of para-hydroxylation sites is 2. The van der Waals surface area contributed by atoms with Crippen molar-refractivity contribution in [3.63, 3.8) is 0 Å². The molecule has 0 N–H and O–H groups in total. The van der Waals surface area contributed by atoms with Gasteiger partial charge >= 0.3 is 6.09 Å². The van der Waals surface area contributed by atoms with Gasteiger partial charge in [0.2, 0.25) is 0 Å². The topological polar surface area (TPSA) is 42.0 Å². The molecule has 1 aliphatic heterocycles. The first kappa shape index (κ1) is 25.6. The lowest BCUT2D eigenvalue weighted by Gasteiger charge is -2.27. The largest absolute Gasteiger partial charge is 0.491 e. The Balaban J connectivity index is 0.00000420. The first-order valence-electron chi connectivity index (χ1n) is 11.1. The molecule has 0 atom stereocenters. The molecule has 0 radical (unpaired) electrons. The van der Waals surface area contributed by atoms with E-state index < -0.39 is 0 Å². The molecule has 0 aromatic heterocycles. The Labute approximate surface area is 183 Å². The molecule has 1 aromatic rings. The van der Waals surface area contributed by atoms with Crippen molar-refractivity contribution in [2.24, 2.45) is 0 Å². The van der Waals surface area contributed by atoms with Gasteiger partial charge in [0.25, 0.3) is 0 Å². The Hall–Kier alpha value is -1.46. The summed E-state index contributed by atoms with van der Waals surface area (Å²) in [6.45, 7) is 8.91. The van der Waals surface area contributed by atoms with Crippen LogP contribution in [-0.4, -0.2) is 50.4 Å². The molecule has 1 saturated heterocycles. The van der Waals surface area contributed by atoms with Gasteiger partial charge in [-0.25, -0.2) is 4.79 Å². The molecule has 1 aromatic carbocycles. The molecule has 0 aliphatic carbocycles. The molecule has 0 bridgehead atoms. The van der Waals surface area contributed by atoms with Crippen molar-refractivity contribution in [3.05, 3.63) is 24.3 Å². The standard InChI is InChI=1S/C23H38N2O3.ClH/c1-3-5-6-7-13-19-27-22-15-10-9-14-21(22)25(4-2)23(26)28-20-18-24-16-11-8-12-17-24;/h9-10,14-15H,3-8,11-13,16-20H2,1-2H3;1H. The number of carbonyl (C=O) groups is 1. The maximum atomic E-state index is 12.6. The van der Waals surface area contributed by atoms with Gasteiger partial charge in [-0.3, -0.25) is 9.80 Å². The fourth-order valence-electron chi connectivity index (χ4n) is 3.61. The number of benzene rings is 1. The van der Waals surface area contributed by atoms with Gasteiger partial charge in [-0.15, -0.1) is 12.4 Å². The lowest BCUT2D eigenvalue weighted by atomic mass is 10.1. The molecule has 1 fully saturated rings. The van der Waals surface area contributed by atoms with Gasteiger partial charge in [-0.05, 0) is 51.4 Å². The molecule has 1 aliphatic rings. The van der Waals surface area contributed by atoms with Crippen molar-refractivity contribution >= 4 is 24.2 Å². The summed E-state index contributed by atoms with van der Waals surface area (Å²) in [5.41, 5.74) is 0.793. The minimum atomic E-state index is -0.293. The highest BCUT2D eigenvalue weighted by Gasteiger charge is 2.20. The number of amides is 1. The average molecular weight is 427 g/mol. The molecule has 5 nitrogen and oxygen atoms in total. The Morgan fingerprint density at radius 1 is 1.00 bits per heavy atom. The van der Waals surface area contributed by atoms with E-state index in [1.54, 1.807) is 4.90 Å². The van der Waals surface area contributed by atoms with Crippen LogP contribution in [0.3, 0.4) is 0 Å². The number of anilines is 1. The van der Waals surface area contributed by atoms with Crippen LogP contribution in [0, 0.1) is 0 Å². The zero-order valence-corrected chi connectivity index (χ0v) is 19.1. The Morgan fingerprint density at radius 2 is 1.72 bits per heavy atom. The Morgan fingerprint density at radius 3 is 2.45 bits per heavy atom. The van der Waals surface area contributed by atoms with Gasteiger partial charge < -0.3 is 9.47 Å². The first-order chi connectivity index (χ1) is 13.8. The fraction of sp³-hybridized carbons (Fsp3) is 0.696. The van der Waals surface area contributed by atoms with Gasteiger partial charge in [-0.2, -0.15) is 0 Å². The average Bonchev–Trinajstić information content (AvgIpc) is 2.73. The number of piperidine rings is 1. The zero-order valence-electron chi connectivity index (χ0n) is 18.2. The van der Waals surface area contributed by atoms with Crippen LogP contribution in [0.5, 0.6) is 5.75 Å². The molecule has 0 unspecified atom stereocenters. The highest BCUT2D eigenvalue weighted by atomic mass is 35.5. The molecule has 1 amide bonds. The summed E-state index contributed by atoms with van der Waals surface area (Å²) in [6, 6.07) is 7.76. The van der Waals surface area contributed by atoms with Crippen LogP contribution >= 0.6 is 12.4 Å². The summed E-state index contributed by atoms with van der Waals surface area (Å²) in [4.78, 5) is 16.7. The van der Waals surface area contributed by atoms with Crippen molar-refractivity contribution in [1.29, 1.82) is 0 Å². The quantitative estimate of drug-likeness (QED) is 0.390. The third-order valence-electron chi connectivity index (χ3n) is 5.28. The molecule has 1 heterocycles. The minimum absolute atomic E-state index is 0. The van der Waals surface area contributed by atoms with Crippen LogP contribution in [0.2, 0.25) is 0 Å². The number of halogens is 1. The summed E-state index contributed by atoms with van der Waals surface area (Å²) in [6.07, 6.45) is 9.53. The number of ether oxygens (including phenoxy) is 2. The normalized spacial score (nSPS) is 14.1. The van der Waals surface area contributed by atoms with E-state index in [2.05, 4.69) is 11.8 Å². The third-order valence-corrected chi connectivity index (χ3v) is 5.28. The first-order valence-corrected chi connectivity index (χ1v) is 11.1. The fourth-order valence-corrected chi connectivity index (χ4v) is 3.61. The van der Waals surface area contributed by atoms with E-state index >= 15 is 0 Å². The number of likely N-dealkylation sites (tertiary alicyclic amines) is 1. The minimum Gasteiger partial charge on any atom is -0.491 e. The summed E-state index contributed by atoms with van der Waals surface area (Å²) in [5, 5.41) is 0. The van der Waals surface area contributed by atoms with Gasteiger partial charge in [0.05, 0.1) is 12.3 Å². The molecule has 0 saturated carbocycles. The number of nitrogens with zero attached hydrogens (tertiary/aromatic N) is 2. The predicted octanol–water partition coefficient (Wildman–Crippen LogP) is 5.91. The van der Waals surface area contributed by atoms with Crippen molar-refractivity contribution in [2.75, 3.05) is 44.3 Å². The van der Waals surface area contributed by atoms with Crippen LogP contribution in [0.25, 0.3) is 0 Å². The second kappa shape index (κ2) is 15.4. The predicted molar refractivity (Wildman–Crippen MR) is 123 cm³/mol. The van der Waals surface area contributed by atoms with Gasteiger partial charge in [0, 0.05) is 13.1 Å². The highest BCUT2D eigenvalue weighted by Crippen LogP contribution is 2.28.